The van der Waals surface area contributed by atoms with Gasteiger partial charge in [-0.25, -0.2) is 0 Å². The molecule has 1 aliphatic heterocycles. The number of aryl methyl sites for hydroxylation is 1. The summed E-state index contributed by atoms with van der Waals surface area (Å²) in [6, 6.07) is 15.0. The molecule has 4 rings (SSSR count). The van der Waals surface area contributed by atoms with Gasteiger partial charge in [0.25, 0.3) is 5.91 Å². The summed E-state index contributed by atoms with van der Waals surface area (Å²) >= 11 is 0. The second-order valence-electron chi connectivity index (χ2n) is 7.24. The molecule has 0 unspecified atom stereocenters. The molecule has 7 nitrogen and oxygen atoms in total. The van der Waals surface area contributed by atoms with Gasteiger partial charge >= 0.3 is 0 Å². The first-order valence-electron chi connectivity index (χ1n) is 9.57. The van der Waals surface area contributed by atoms with Crippen LogP contribution in [0.2, 0.25) is 0 Å². The zero-order valence-electron chi connectivity index (χ0n) is 16.5. The molecular formula is C22H22N4O3. The summed E-state index contributed by atoms with van der Waals surface area (Å²) in [6.07, 6.45) is 1.45. The van der Waals surface area contributed by atoms with Crippen molar-refractivity contribution in [1.82, 2.24) is 15.0 Å². The van der Waals surface area contributed by atoms with Gasteiger partial charge in [0.1, 0.15) is 0 Å². The van der Waals surface area contributed by atoms with Crippen molar-refractivity contribution >= 4 is 17.5 Å². The molecule has 2 heterocycles. The first-order chi connectivity index (χ1) is 14.0. The van der Waals surface area contributed by atoms with Crippen molar-refractivity contribution in [3.05, 3.63) is 65.5 Å². The average Bonchev–Trinajstić information content (AvgIpc) is 3.36. The Morgan fingerprint density at radius 2 is 2.00 bits per heavy atom. The smallest absolute Gasteiger partial charge is 0.254 e. The van der Waals surface area contributed by atoms with Crippen molar-refractivity contribution in [3.8, 4) is 11.4 Å². The number of carbonyl (C=O) groups excluding carboxylic acids is 2. The minimum Gasteiger partial charge on any atom is -0.337 e. The highest BCUT2D eigenvalue weighted by Gasteiger charge is 2.22. The first kappa shape index (κ1) is 18.9. The van der Waals surface area contributed by atoms with E-state index in [0.29, 0.717) is 23.7 Å². The molecule has 1 fully saturated rings. The number of aromatic nitrogens is 2. The summed E-state index contributed by atoms with van der Waals surface area (Å²) in [6.45, 7) is 2.94. The number of hydrogen-bond acceptors (Lipinski definition) is 5. The summed E-state index contributed by atoms with van der Waals surface area (Å²) in [7, 11) is 1.69. The predicted octanol–water partition coefficient (Wildman–Crippen LogP) is 3.44. The van der Waals surface area contributed by atoms with E-state index in [0.717, 1.165) is 29.8 Å². The lowest BCUT2D eigenvalue weighted by molar-refractivity contribution is -0.117. The molecule has 1 aliphatic rings. The molecule has 0 bridgehead atoms. The molecule has 0 radical (unpaired) electrons. The van der Waals surface area contributed by atoms with Crippen molar-refractivity contribution in [3.63, 3.8) is 0 Å². The SMILES string of the molecule is Cc1cccc(-c2noc(CN(C)C(=O)c3ccc(N4CCCC4=O)cc3)n2)c1. The second-order valence-corrected chi connectivity index (χ2v) is 7.24. The molecular weight excluding hydrogens is 368 g/mol. The van der Waals surface area contributed by atoms with E-state index < -0.39 is 0 Å². The number of hydrogen-bond donors (Lipinski definition) is 0. The van der Waals surface area contributed by atoms with Crippen molar-refractivity contribution in [2.75, 3.05) is 18.5 Å². The van der Waals surface area contributed by atoms with Crippen LogP contribution in [0.4, 0.5) is 5.69 Å². The van der Waals surface area contributed by atoms with E-state index in [2.05, 4.69) is 10.1 Å². The summed E-state index contributed by atoms with van der Waals surface area (Å²) in [4.78, 5) is 32.3. The minimum absolute atomic E-state index is 0.127. The van der Waals surface area contributed by atoms with Crippen molar-refractivity contribution < 1.29 is 14.1 Å². The Morgan fingerprint density at radius 1 is 1.21 bits per heavy atom. The van der Waals surface area contributed by atoms with Crippen LogP contribution in [0.25, 0.3) is 11.4 Å². The van der Waals surface area contributed by atoms with Crippen LogP contribution in [-0.4, -0.2) is 40.4 Å². The Kier molecular flexibility index (Phi) is 5.12. The molecule has 2 amide bonds. The van der Waals surface area contributed by atoms with Crippen LogP contribution in [0.1, 0.15) is 34.7 Å². The zero-order valence-corrected chi connectivity index (χ0v) is 16.5. The third-order valence-corrected chi connectivity index (χ3v) is 4.96. The van der Waals surface area contributed by atoms with Gasteiger partial charge in [-0.15, -0.1) is 0 Å². The number of anilines is 1. The maximum Gasteiger partial charge on any atom is 0.254 e. The minimum atomic E-state index is -0.153. The monoisotopic (exact) mass is 390 g/mol. The van der Waals surface area contributed by atoms with Crippen LogP contribution in [0, 0.1) is 6.92 Å². The number of nitrogens with zero attached hydrogens (tertiary/aromatic N) is 4. The van der Waals surface area contributed by atoms with Gasteiger partial charge in [-0.1, -0.05) is 28.9 Å². The number of benzene rings is 2. The maximum atomic E-state index is 12.7. The normalized spacial score (nSPS) is 13.7. The molecule has 2 aromatic carbocycles. The standard InChI is InChI=1S/C22H22N4O3/c1-15-5-3-6-17(13-15)21-23-19(29-24-21)14-25(2)22(28)16-8-10-18(11-9-16)26-12-4-7-20(26)27/h3,5-6,8-11,13H,4,7,12,14H2,1-2H3. The molecule has 0 N–H and O–H groups in total. The summed E-state index contributed by atoms with van der Waals surface area (Å²) < 4.78 is 5.31. The van der Waals surface area contributed by atoms with Crippen molar-refractivity contribution in [1.29, 1.82) is 0 Å². The lowest BCUT2D eigenvalue weighted by Crippen LogP contribution is -2.27. The second kappa shape index (κ2) is 7.87. The fourth-order valence-electron chi connectivity index (χ4n) is 3.42. The third kappa shape index (κ3) is 4.03. The van der Waals surface area contributed by atoms with Crippen LogP contribution in [0.5, 0.6) is 0 Å². The predicted molar refractivity (Wildman–Crippen MR) is 108 cm³/mol. The fraction of sp³-hybridized carbons (Fsp3) is 0.273. The van der Waals surface area contributed by atoms with Gasteiger partial charge in [0.2, 0.25) is 17.6 Å². The highest BCUT2D eigenvalue weighted by atomic mass is 16.5. The van der Waals surface area contributed by atoms with Gasteiger partial charge < -0.3 is 14.3 Å². The van der Waals surface area contributed by atoms with Crippen LogP contribution < -0.4 is 4.90 Å². The quantitative estimate of drug-likeness (QED) is 0.667. The molecule has 0 spiro atoms. The molecule has 148 valence electrons. The van der Waals surface area contributed by atoms with Gasteiger partial charge in [0.05, 0.1) is 6.54 Å². The third-order valence-electron chi connectivity index (χ3n) is 4.96. The summed E-state index contributed by atoms with van der Waals surface area (Å²) in [5, 5.41) is 4.01. The van der Waals surface area contributed by atoms with E-state index >= 15 is 0 Å². The Hall–Kier alpha value is -3.48. The summed E-state index contributed by atoms with van der Waals surface area (Å²) in [5.41, 5.74) is 3.36. The maximum absolute atomic E-state index is 12.7. The van der Waals surface area contributed by atoms with Gasteiger partial charge in [-0.2, -0.15) is 4.98 Å². The van der Waals surface area contributed by atoms with Crippen LogP contribution >= 0.6 is 0 Å². The fourth-order valence-corrected chi connectivity index (χ4v) is 3.42. The molecule has 29 heavy (non-hydrogen) atoms. The lowest BCUT2D eigenvalue weighted by atomic mass is 10.1. The van der Waals surface area contributed by atoms with Gasteiger partial charge in [-0.05, 0) is 43.7 Å². The molecule has 0 aliphatic carbocycles. The van der Waals surface area contributed by atoms with Crippen LogP contribution in [0.15, 0.2) is 53.1 Å². The molecule has 3 aromatic rings. The van der Waals surface area contributed by atoms with Gasteiger partial charge in [0.15, 0.2) is 0 Å². The molecule has 1 saturated heterocycles. The molecule has 0 saturated carbocycles. The highest BCUT2D eigenvalue weighted by molar-refractivity contribution is 5.97. The van der Waals surface area contributed by atoms with Crippen molar-refractivity contribution in [2.24, 2.45) is 0 Å². The van der Waals surface area contributed by atoms with E-state index in [-0.39, 0.29) is 18.4 Å². The lowest BCUT2D eigenvalue weighted by Gasteiger charge is -2.17. The van der Waals surface area contributed by atoms with E-state index in [1.807, 2.05) is 43.3 Å². The molecule has 1 aromatic heterocycles. The Morgan fingerprint density at radius 3 is 2.69 bits per heavy atom. The Bertz CT molecular complexity index is 1040. The number of carbonyl (C=O) groups is 2. The van der Waals surface area contributed by atoms with E-state index in [1.165, 1.54) is 4.90 Å². The highest BCUT2D eigenvalue weighted by Crippen LogP contribution is 2.22. The van der Waals surface area contributed by atoms with E-state index in [9.17, 15) is 9.59 Å². The topological polar surface area (TPSA) is 79.5 Å². The van der Waals surface area contributed by atoms with Gasteiger partial charge in [0, 0.05) is 36.8 Å². The summed E-state index contributed by atoms with van der Waals surface area (Å²) in [5.74, 6) is 0.849. The van der Waals surface area contributed by atoms with Gasteiger partial charge in [-0.3, -0.25) is 9.59 Å². The molecule has 0 atom stereocenters. The van der Waals surface area contributed by atoms with Crippen LogP contribution in [-0.2, 0) is 11.3 Å². The average molecular weight is 390 g/mol. The first-order valence-corrected chi connectivity index (χ1v) is 9.57. The van der Waals surface area contributed by atoms with E-state index in [1.54, 1.807) is 24.1 Å². The Balaban J connectivity index is 1.43. The molecule has 7 heteroatoms. The number of rotatable bonds is 5. The largest absolute Gasteiger partial charge is 0.337 e. The van der Waals surface area contributed by atoms with E-state index in [4.69, 9.17) is 4.52 Å². The van der Waals surface area contributed by atoms with Crippen LogP contribution in [0.3, 0.4) is 0 Å². The number of amides is 2. The zero-order chi connectivity index (χ0) is 20.4. The Labute approximate surface area is 168 Å². The van der Waals surface area contributed by atoms with Crippen molar-refractivity contribution in [2.45, 2.75) is 26.3 Å².